The average molecular weight is 726 g/mol. The minimum Gasteiger partial charge on any atom is -0.355 e. The summed E-state index contributed by atoms with van der Waals surface area (Å²) < 4.78 is 2.20. The summed E-state index contributed by atoms with van der Waals surface area (Å²) in [6, 6.07) is 6.60. The predicted octanol–water partition coefficient (Wildman–Crippen LogP) is 4.87. The molecule has 0 spiro atoms. The maximum Gasteiger partial charge on any atom is 0.248 e. The number of aryl methyl sites for hydroxylation is 2. The highest BCUT2D eigenvalue weighted by molar-refractivity contribution is 9.10. The normalized spacial score (nSPS) is 23.1. The van der Waals surface area contributed by atoms with Gasteiger partial charge in [0, 0.05) is 54.7 Å². The van der Waals surface area contributed by atoms with Crippen LogP contribution in [0.3, 0.4) is 0 Å². The minimum atomic E-state index is -0.771. The molecule has 252 valence electrons. The zero-order valence-corrected chi connectivity index (χ0v) is 29.2. The van der Waals surface area contributed by atoms with Crippen molar-refractivity contribution in [2.24, 2.45) is 5.41 Å². The van der Waals surface area contributed by atoms with Crippen molar-refractivity contribution in [3.05, 3.63) is 76.1 Å². The number of carbonyl (C=O) groups excluding carboxylic acids is 4. The molecule has 4 aromatic rings. The molecule has 3 atom stereocenters. The van der Waals surface area contributed by atoms with E-state index in [9.17, 15) is 19.2 Å². The van der Waals surface area contributed by atoms with Crippen LogP contribution in [-0.4, -0.2) is 71.8 Å². The monoisotopic (exact) mass is 724 g/mol. The van der Waals surface area contributed by atoms with Gasteiger partial charge >= 0.3 is 0 Å². The fourth-order valence-electron chi connectivity index (χ4n) is 7.22. The number of allylic oxidation sites excluding steroid dienone is 2. The Bertz CT molecular complexity index is 2040. The average Bonchev–Trinajstić information content (AvgIpc) is 3.48. The van der Waals surface area contributed by atoms with Gasteiger partial charge in [-0.15, -0.1) is 0 Å². The van der Waals surface area contributed by atoms with Gasteiger partial charge in [-0.05, 0) is 96.8 Å². The van der Waals surface area contributed by atoms with Crippen molar-refractivity contribution in [2.75, 3.05) is 11.9 Å². The number of hydrogen-bond acceptors (Lipinski definition) is 8. The molecule has 0 unspecified atom stereocenters. The third kappa shape index (κ3) is 6.39. The largest absolute Gasteiger partial charge is 0.355 e. The molecule has 12 nitrogen and oxygen atoms in total. The quantitative estimate of drug-likeness (QED) is 0.172. The first-order chi connectivity index (χ1) is 23.5. The number of benzene rings is 1. The van der Waals surface area contributed by atoms with E-state index >= 15 is 0 Å². The molecular weight excluding hydrogens is 688 g/mol. The summed E-state index contributed by atoms with van der Waals surface area (Å²) in [5.41, 5.74) is 3.87. The Morgan fingerprint density at radius 1 is 1.06 bits per heavy atom. The molecule has 1 aromatic carbocycles. The summed E-state index contributed by atoms with van der Waals surface area (Å²) in [5, 5.41) is 11.4. The van der Waals surface area contributed by atoms with Crippen molar-refractivity contribution < 1.29 is 19.2 Å². The highest BCUT2D eigenvalue weighted by Crippen LogP contribution is 2.59. The van der Waals surface area contributed by atoms with Crippen LogP contribution >= 0.6 is 15.9 Å². The van der Waals surface area contributed by atoms with Crippen LogP contribution in [0, 0.1) is 19.3 Å². The fourth-order valence-corrected chi connectivity index (χ4v) is 7.53. The van der Waals surface area contributed by atoms with Gasteiger partial charge in [0.2, 0.25) is 17.7 Å². The summed E-state index contributed by atoms with van der Waals surface area (Å²) in [7, 11) is 0. The first kappa shape index (κ1) is 32.8. The fraction of sp³-hybridized carbons (Fsp3) is 0.389. The highest BCUT2D eigenvalue weighted by Gasteiger charge is 2.67. The van der Waals surface area contributed by atoms with Crippen molar-refractivity contribution in [2.45, 2.75) is 77.9 Å². The molecule has 1 saturated carbocycles. The number of amides is 3. The molecule has 2 aliphatic heterocycles. The number of anilines is 1. The molecule has 2 bridgehead atoms. The third-order valence-corrected chi connectivity index (χ3v) is 10.3. The standard InChI is InChI=1S/C36H37BrN8O4/c1-20-10-11-29(37)41-34(20)42-35(49)27-14-36-15-28(36)45(27)31(48)18-44-33-23(8-6-4-5-7-9-30(47)40-19-36)12-24(25-16-38-22(3)39-17-25)13-26(33)32(43-44)21(2)46/h4,6,10-13,16-17,27-28H,5,7-9,14-15,18-19H2,1-3H3,(H,40,47)(H,41,42,49)/b6-4-/t27-,28+,36-/m0/s1. The second kappa shape index (κ2) is 12.9. The van der Waals surface area contributed by atoms with Gasteiger partial charge in [0.1, 0.15) is 34.5 Å². The number of ketones is 1. The molecule has 1 saturated heterocycles. The molecule has 7 rings (SSSR count). The Balaban J connectivity index is 1.30. The van der Waals surface area contributed by atoms with E-state index in [4.69, 9.17) is 5.10 Å². The van der Waals surface area contributed by atoms with Crippen LogP contribution in [0.1, 0.15) is 66.5 Å². The number of rotatable bonds is 4. The molecule has 13 heteroatoms. The number of nitrogens with zero attached hydrogens (tertiary/aromatic N) is 6. The number of pyridine rings is 1. The van der Waals surface area contributed by atoms with Gasteiger partial charge in [0.05, 0.1) is 5.52 Å². The number of halogens is 1. The summed E-state index contributed by atoms with van der Waals surface area (Å²) in [6.07, 6.45) is 11.0. The lowest BCUT2D eigenvalue weighted by Gasteiger charge is -2.27. The molecule has 2 N–H and O–H groups in total. The van der Waals surface area contributed by atoms with Gasteiger partial charge in [-0.1, -0.05) is 18.2 Å². The van der Waals surface area contributed by atoms with Gasteiger partial charge in [-0.2, -0.15) is 5.10 Å². The second-order valence-corrected chi connectivity index (χ2v) is 14.2. The molecule has 49 heavy (non-hydrogen) atoms. The molecule has 3 amide bonds. The van der Waals surface area contributed by atoms with Crippen LogP contribution in [0.25, 0.3) is 22.0 Å². The topological polar surface area (TPSA) is 152 Å². The molecule has 0 radical (unpaired) electrons. The molecule has 1 aliphatic carbocycles. The van der Waals surface area contributed by atoms with Crippen molar-refractivity contribution in [1.82, 2.24) is 34.9 Å². The van der Waals surface area contributed by atoms with Crippen LogP contribution in [0.4, 0.5) is 5.82 Å². The first-order valence-electron chi connectivity index (χ1n) is 16.5. The van der Waals surface area contributed by atoms with E-state index in [-0.39, 0.29) is 41.8 Å². The van der Waals surface area contributed by atoms with Crippen LogP contribution < -0.4 is 10.6 Å². The Kier molecular flexibility index (Phi) is 8.64. The SMILES string of the molecule is CC(=O)c1nn2c3c(cc(-c4cnc(C)nc4)cc13)C/C=C\CCCC(=O)NC[C@@]13C[C@@H](C(=O)Nc4nc(Br)ccc4C)N(C(=O)C2)[C@@H]1C3. The van der Waals surface area contributed by atoms with E-state index in [1.165, 1.54) is 6.92 Å². The number of carbonyl (C=O) groups is 4. The summed E-state index contributed by atoms with van der Waals surface area (Å²) in [5.74, 6) is 0.198. The van der Waals surface area contributed by atoms with Crippen molar-refractivity contribution in [3.8, 4) is 11.1 Å². The van der Waals surface area contributed by atoms with Gasteiger partial charge in [0.25, 0.3) is 0 Å². The maximum atomic E-state index is 14.4. The van der Waals surface area contributed by atoms with E-state index < -0.39 is 11.5 Å². The Labute approximate surface area is 291 Å². The minimum absolute atomic E-state index is 0.0379. The highest BCUT2D eigenvalue weighted by atomic mass is 79.9. The van der Waals surface area contributed by atoms with Crippen molar-refractivity contribution >= 4 is 56.2 Å². The Hall–Kier alpha value is -4.78. The van der Waals surface area contributed by atoms with Crippen LogP contribution in [0.2, 0.25) is 0 Å². The smallest absolute Gasteiger partial charge is 0.248 e. The van der Waals surface area contributed by atoms with E-state index in [1.54, 1.807) is 28.0 Å². The van der Waals surface area contributed by atoms with E-state index in [1.807, 2.05) is 38.1 Å². The van der Waals surface area contributed by atoms with Crippen molar-refractivity contribution in [1.29, 1.82) is 0 Å². The van der Waals surface area contributed by atoms with Gasteiger partial charge in [0.15, 0.2) is 5.78 Å². The van der Waals surface area contributed by atoms with Gasteiger partial charge < -0.3 is 15.5 Å². The van der Waals surface area contributed by atoms with Crippen LogP contribution in [0.15, 0.2) is 53.4 Å². The van der Waals surface area contributed by atoms with E-state index in [0.717, 1.165) is 28.7 Å². The van der Waals surface area contributed by atoms with Gasteiger partial charge in [-0.3, -0.25) is 23.9 Å². The van der Waals surface area contributed by atoms with E-state index in [0.29, 0.717) is 65.8 Å². The lowest BCUT2D eigenvalue weighted by molar-refractivity contribution is -0.138. The molecule has 3 aliphatic rings. The second-order valence-electron chi connectivity index (χ2n) is 13.3. The molecule has 2 fully saturated rings. The van der Waals surface area contributed by atoms with Gasteiger partial charge in [-0.25, -0.2) is 15.0 Å². The maximum absolute atomic E-state index is 14.4. The number of nitrogens with one attached hydrogen (secondary N) is 2. The first-order valence-corrected chi connectivity index (χ1v) is 17.3. The number of piperidine rings is 1. The molecule has 3 aromatic heterocycles. The number of hydrogen-bond donors (Lipinski definition) is 2. The van der Waals surface area contributed by atoms with Crippen molar-refractivity contribution in [3.63, 3.8) is 0 Å². The van der Waals surface area contributed by atoms with E-state index in [2.05, 4.69) is 47.6 Å². The van der Waals surface area contributed by atoms with Crippen LogP contribution in [-0.2, 0) is 27.3 Å². The summed E-state index contributed by atoms with van der Waals surface area (Å²) >= 11 is 3.38. The Morgan fingerprint density at radius 2 is 1.86 bits per heavy atom. The number of aromatic nitrogens is 5. The summed E-state index contributed by atoms with van der Waals surface area (Å²) in [6.45, 7) is 5.38. The predicted molar refractivity (Wildman–Crippen MR) is 187 cm³/mol. The van der Waals surface area contributed by atoms with Crippen LogP contribution in [0.5, 0.6) is 0 Å². The lowest BCUT2D eigenvalue weighted by atomic mass is 9.98. The zero-order chi connectivity index (χ0) is 34.4. The third-order valence-electron chi connectivity index (χ3n) is 9.89. The lowest BCUT2D eigenvalue weighted by Crippen LogP contribution is -2.47. The zero-order valence-electron chi connectivity index (χ0n) is 27.6. The number of Topliss-reactive ketones (excluding diaryl/α,β-unsaturated/α-hetero) is 1. The summed E-state index contributed by atoms with van der Waals surface area (Å²) in [4.78, 5) is 69.0. The molecule has 5 heterocycles. The molecular formula is C36H37BrN8O4. The Morgan fingerprint density at radius 3 is 2.63 bits per heavy atom.